The summed E-state index contributed by atoms with van der Waals surface area (Å²) >= 11 is 0. The summed E-state index contributed by atoms with van der Waals surface area (Å²) in [6.07, 6.45) is 0. The predicted octanol–water partition coefficient (Wildman–Crippen LogP) is 7.50. The summed E-state index contributed by atoms with van der Waals surface area (Å²) in [6.45, 7) is 7.50. The Morgan fingerprint density at radius 2 is 0.857 bits per heavy atom. The maximum Gasteiger partial charge on any atom is 0.163 e. The van der Waals surface area contributed by atoms with Gasteiger partial charge in [0.25, 0.3) is 0 Å². The zero-order valence-electron chi connectivity index (χ0n) is 23.8. The van der Waals surface area contributed by atoms with Crippen LogP contribution in [0.1, 0.15) is 28.9 Å². The topological polar surface area (TPSA) is 101 Å². The third-order valence-corrected chi connectivity index (χ3v) is 6.93. The second-order valence-electron chi connectivity index (χ2n) is 10.1. The number of hydrogen-bond donors (Lipinski definition) is 0. The Labute approximate surface area is 244 Å². The molecule has 0 aliphatic rings. The molecule has 7 heteroatoms. The fraction of sp³-hybridized carbons (Fsp3) is 0.114. The second kappa shape index (κ2) is 11.1. The minimum atomic E-state index is 0.608. The molecule has 2 heterocycles. The predicted molar refractivity (Wildman–Crippen MR) is 164 cm³/mol. The Bertz CT molecular complexity index is 1970. The lowest BCUT2D eigenvalue weighted by Gasteiger charge is -2.18. The maximum atomic E-state index is 9.63. The molecule has 0 fully saturated rings. The fourth-order valence-electron chi connectivity index (χ4n) is 5.23. The Kier molecular flexibility index (Phi) is 7.03. The molecular formula is C35H27N7. The number of aryl methyl sites for hydroxylation is 4. The van der Waals surface area contributed by atoms with Gasteiger partial charge >= 0.3 is 0 Å². The van der Waals surface area contributed by atoms with E-state index in [0.717, 1.165) is 44.5 Å². The van der Waals surface area contributed by atoms with Crippen LogP contribution in [0.25, 0.3) is 56.2 Å². The van der Waals surface area contributed by atoms with Crippen molar-refractivity contribution in [3.63, 3.8) is 0 Å². The molecule has 0 bridgehead atoms. The normalized spacial score (nSPS) is 10.8. The van der Waals surface area contributed by atoms with Crippen LogP contribution >= 0.6 is 0 Å². The highest BCUT2D eigenvalue weighted by Crippen LogP contribution is 2.41. The largest absolute Gasteiger partial charge is 0.219 e. The molecule has 6 rings (SSSR count). The summed E-state index contributed by atoms with van der Waals surface area (Å²) in [6, 6.07) is 32.8. The first-order valence-electron chi connectivity index (χ1n) is 13.6. The number of nitriles is 1. The van der Waals surface area contributed by atoms with E-state index in [0.29, 0.717) is 40.5 Å². The molecule has 0 amide bonds. The SMILES string of the molecule is Cc1nc(C)nc(-c2cccc(-c3cccc(-c4cccc(C#N)c4)c3-c3cccc(-c4nc(C)nc(C)n4)c3)c2)n1. The zero-order chi connectivity index (χ0) is 29.2. The van der Waals surface area contributed by atoms with Gasteiger partial charge in [-0.05, 0) is 85.3 Å². The van der Waals surface area contributed by atoms with Crippen molar-refractivity contribution in [3.8, 4) is 62.2 Å². The van der Waals surface area contributed by atoms with Crippen molar-refractivity contribution < 1.29 is 0 Å². The van der Waals surface area contributed by atoms with Crippen LogP contribution in [0.4, 0.5) is 0 Å². The minimum absolute atomic E-state index is 0.608. The number of aromatic nitrogens is 6. The molecule has 0 atom stereocenters. The second-order valence-corrected chi connectivity index (χ2v) is 10.1. The molecule has 0 unspecified atom stereocenters. The molecule has 6 aromatic rings. The van der Waals surface area contributed by atoms with Crippen LogP contribution in [0.2, 0.25) is 0 Å². The average molecular weight is 546 g/mol. The van der Waals surface area contributed by atoms with E-state index in [4.69, 9.17) is 0 Å². The smallest absolute Gasteiger partial charge is 0.163 e. The van der Waals surface area contributed by atoms with Crippen molar-refractivity contribution in [2.24, 2.45) is 0 Å². The molecule has 0 aliphatic heterocycles. The van der Waals surface area contributed by atoms with Gasteiger partial charge in [0.2, 0.25) is 0 Å². The van der Waals surface area contributed by atoms with Crippen LogP contribution in [0.3, 0.4) is 0 Å². The van der Waals surface area contributed by atoms with E-state index in [2.05, 4.69) is 78.4 Å². The van der Waals surface area contributed by atoms with Gasteiger partial charge in [-0.25, -0.2) is 29.9 Å². The van der Waals surface area contributed by atoms with Gasteiger partial charge in [0, 0.05) is 11.1 Å². The molecule has 0 saturated carbocycles. The van der Waals surface area contributed by atoms with Gasteiger partial charge in [0.05, 0.1) is 11.6 Å². The van der Waals surface area contributed by atoms with E-state index in [-0.39, 0.29) is 0 Å². The molecule has 0 N–H and O–H groups in total. The van der Waals surface area contributed by atoms with Gasteiger partial charge in [0.15, 0.2) is 11.6 Å². The lowest BCUT2D eigenvalue weighted by Crippen LogP contribution is -1.99. The average Bonchev–Trinajstić information content (AvgIpc) is 3.00. The van der Waals surface area contributed by atoms with Crippen LogP contribution in [-0.2, 0) is 0 Å². The molecule has 7 nitrogen and oxygen atoms in total. The molecule has 2 aromatic heterocycles. The Hall–Kier alpha value is -5.61. The molecule has 0 saturated heterocycles. The molecule has 0 spiro atoms. The van der Waals surface area contributed by atoms with Crippen LogP contribution < -0.4 is 0 Å². The lowest BCUT2D eigenvalue weighted by atomic mass is 9.86. The summed E-state index contributed by atoms with van der Waals surface area (Å²) < 4.78 is 0. The standard InChI is InChI=1S/C35H27N7/c1-21-37-22(2)40-34(39-21)29-13-6-11-27(18-29)32-16-8-15-31(26-10-5-9-25(17-26)20-36)33(32)28-12-7-14-30(19-28)35-41-23(3)38-24(4)42-35/h5-19H,1-4H3. The van der Waals surface area contributed by atoms with Crippen LogP contribution in [0.15, 0.2) is 91.0 Å². The monoisotopic (exact) mass is 545 g/mol. The van der Waals surface area contributed by atoms with Gasteiger partial charge in [-0.1, -0.05) is 66.7 Å². The highest BCUT2D eigenvalue weighted by molar-refractivity contribution is 5.96. The Balaban J connectivity index is 1.59. The number of hydrogen-bond acceptors (Lipinski definition) is 7. The summed E-state index contributed by atoms with van der Waals surface area (Å²) in [4.78, 5) is 27.1. The third kappa shape index (κ3) is 5.38. The highest BCUT2D eigenvalue weighted by atomic mass is 15.0. The van der Waals surface area contributed by atoms with Crippen LogP contribution in [0, 0.1) is 39.0 Å². The summed E-state index contributed by atoms with van der Waals surface area (Å²) in [7, 11) is 0. The first kappa shape index (κ1) is 26.6. The number of benzene rings is 4. The quantitative estimate of drug-likeness (QED) is 0.221. The molecule has 42 heavy (non-hydrogen) atoms. The van der Waals surface area contributed by atoms with Crippen LogP contribution in [-0.4, -0.2) is 29.9 Å². The zero-order valence-corrected chi connectivity index (χ0v) is 23.8. The van der Waals surface area contributed by atoms with E-state index in [1.54, 1.807) is 0 Å². The van der Waals surface area contributed by atoms with Gasteiger partial charge < -0.3 is 0 Å². The number of nitrogens with zero attached hydrogens (tertiary/aromatic N) is 7. The van der Waals surface area contributed by atoms with Crippen molar-refractivity contribution in [1.82, 2.24) is 29.9 Å². The summed E-state index contributed by atoms with van der Waals surface area (Å²) in [5, 5.41) is 9.63. The highest BCUT2D eigenvalue weighted by Gasteiger charge is 2.17. The molecular weight excluding hydrogens is 518 g/mol. The fourth-order valence-corrected chi connectivity index (χ4v) is 5.23. The third-order valence-electron chi connectivity index (χ3n) is 6.93. The van der Waals surface area contributed by atoms with Crippen molar-refractivity contribution in [2.45, 2.75) is 27.7 Å². The van der Waals surface area contributed by atoms with Crippen molar-refractivity contribution >= 4 is 0 Å². The van der Waals surface area contributed by atoms with Crippen molar-refractivity contribution in [3.05, 3.63) is 120 Å². The minimum Gasteiger partial charge on any atom is -0.219 e. The number of rotatable bonds is 5. The molecule has 4 aromatic carbocycles. The van der Waals surface area contributed by atoms with E-state index in [9.17, 15) is 5.26 Å². The van der Waals surface area contributed by atoms with Gasteiger partial charge in [-0.2, -0.15) is 5.26 Å². The summed E-state index contributed by atoms with van der Waals surface area (Å²) in [5.74, 6) is 4.00. The van der Waals surface area contributed by atoms with Gasteiger partial charge in [0.1, 0.15) is 23.3 Å². The first-order valence-corrected chi connectivity index (χ1v) is 13.6. The van der Waals surface area contributed by atoms with Crippen LogP contribution in [0.5, 0.6) is 0 Å². The molecule has 0 radical (unpaired) electrons. The van der Waals surface area contributed by atoms with Crippen molar-refractivity contribution in [2.75, 3.05) is 0 Å². The Morgan fingerprint density at radius 1 is 0.452 bits per heavy atom. The van der Waals surface area contributed by atoms with Gasteiger partial charge in [-0.3, -0.25) is 0 Å². The molecule has 0 aliphatic carbocycles. The summed E-state index contributed by atoms with van der Waals surface area (Å²) in [5.41, 5.74) is 8.51. The van der Waals surface area contributed by atoms with E-state index in [1.807, 2.05) is 76.2 Å². The van der Waals surface area contributed by atoms with E-state index >= 15 is 0 Å². The van der Waals surface area contributed by atoms with E-state index in [1.165, 1.54) is 0 Å². The lowest BCUT2D eigenvalue weighted by molar-refractivity contribution is 0.928. The Morgan fingerprint density at radius 3 is 1.38 bits per heavy atom. The molecule has 202 valence electrons. The van der Waals surface area contributed by atoms with Crippen molar-refractivity contribution in [1.29, 1.82) is 5.26 Å². The van der Waals surface area contributed by atoms with E-state index < -0.39 is 0 Å². The maximum absolute atomic E-state index is 9.63. The first-order chi connectivity index (χ1) is 20.4. The van der Waals surface area contributed by atoms with Gasteiger partial charge in [-0.15, -0.1) is 0 Å².